The van der Waals surface area contributed by atoms with Crippen LogP contribution in [-0.4, -0.2) is 31.5 Å². The quantitative estimate of drug-likeness (QED) is 0.606. The van der Waals surface area contributed by atoms with Crippen LogP contribution in [0.2, 0.25) is 0 Å². The molecule has 0 heterocycles. The van der Waals surface area contributed by atoms with Crippen molar-refractivity contribution in [1.29, 1.82) is 0 Å². The van der Waals surface area contributed by atoms with E-state index in [1.54, 1.807) is 48.5 Å². The fraction of sp³-hybridized carbons (Fsp3) is 0.200. The molecule has 0 bridgehead atoms. The van der Waals surface area contributed by atoms with Crippen LogP contribution in [0, 0.1) is 0 Å². The number of carbonyl (C=O) groups excluding carboxylic acids is 2. The lowest BCUT2D eigenvalue weighted by atomic mass is 10.2. The zero-order valence-electron chi connectivity index (χ0n) is 14.7. The highest BCUT2D eigenvalue weighted by Gasteiger charge is 2.07. The van der Waals surface area contributed by atoms with E-state index in [1.165, 1.54) is 0 Å². The summed E-state index contributed by atoms with van der Waals surface area (Å²) in [7, 11) is 0. The highest BCUT2D eigenvalue weighted by Crippen LogP contribution is 2.17. The first-order valence-corrected chi connectivity index (χ1v) is 8.38. The second kappa shape index (κ2) is 9.88. The molecule has 3 N–H and O–H groups in total. The van der Waals surface area contributed by atoms with Gasteiger partial charge in [-0.25, -0.2) is 0 Å². The topological polar surface area (TPSA) is 79.5 Å². The Balaban J connectivity index is 1.90. The fourth-order valence-corrected chi connectivity index (χ4v) is 2.24. The molecule has 6 heteroatoms. The van der Waals surface area contributed by atoms with Gasteiger partial charge in [0, 0.05) is 29.5 Å². The van der Waals surface area contributed by atoms with Crippen molar-refractivity contribution >= 4 is 23.2 Å². The Bertz CT molecular complexity index is 774. The lowest BCUT2D eigenvalue weighted by molar-refractivity contribution is -0.114. The van der Waals surface area contributed by atoms with Crippen molar-refractivity contribution in [2.75, 3.05) is 30.3 Å². The maximum absolute atomic E-state index is 12.1. The summed E-state index contributed by atoms with van der Waals surface area (Å²) in [5, 5.41) is 8.56. The second-order valence-corrected chi connectivity index (χ2v) is 5.47. The van der Waals surface area contributed by atoms with Crippen LogP contribution in [0.25, 0.3) is 0 Å². The van der Waals surface area contributed by atoms with Gasteiger partial charge in [0.05, 0.1) is 6.54 Å². The summed E-state index contributed by atoms with van der Waals surface area (Å²) in [6.45, 7) is 6.51. The minimum atomic E-state index is -0.200. The van der Waals surface area contributed by atoms with Gasteiger partial charge in [0.15, 0.2) is 0 Å². The van der Waals surface area contributed by atoms with E-state index in [1.807, 2.05) is 13.0 Å². The number of hydrogen-bond acceptors (Lipinski definition) is 4. The summed E-state index contributed by atoms with van der Waals surface area (Å²) in [5.74, 6) is 0.316. The first-order chi connectivity index (χ1) is 12.6. The van der Waals surface area contributed by atoms with Crippen LogP contribution in [0.1, 0.15) is 17.3 Å². The molecule has 136 valence electrons. The smallest absolute Gasteiger partial charge is 0.251 e. The predicted octanol–water partition coefficient (Wildman–Crippen LogP) is 3.05. The van der Waals surface area contributed by atoms with E-state index in [0.29, 0.717) is 35.8 Å². The SMILES string of the molecule is C=CCOc1cccc(NC(=O)CNc2cccc(C(=O)NCC)c2)c1. The summed E-state index contributed by atoms with van der Waals surface area (Å²) >= 11 is 0. The van der Waals surface area contributed by atoms with Gasteiger partial charge >= 0.3 is 0 Å². The molecule has 2 rings (SSSR count). The van der Waals surface area contributed by atoms with Gasteiger partial charge < -0.3 is 20.7 Å². The van der Waals surface area contributed by atoms with Crippen LogP contribution in [0.15, 0.2) is 61.2 Å². The minimum Gasteiger partial charge on any atom is -0.489 e. The van der Waals surface area contributed by atoms with Crippen LogP contribution in [0.5, 0.6) is 5.75 Å². The molecule has 0 saturated heterocycles. The van der Waals surface area contributed by atoms with Gasteiger partial charge in [0.1, 0.15) is 12.4 Å². The number of rotatable bonds is 9. The molecular formula is C20H23N3O3. The van der Waals surface area contributed by atoms with Gasteiger partial charge in [-0.2, -0.15) is 0 Å². The molecule has 0 spiro atoms. The van der Waals surface area contributed by atoms with Crippen LogP contribution < -0.4 is 20.7 Å². The molecule has 26 heavy (non-hydrogen) atoms. The average molecular weight is 353 g/mol. The van der Waals surface area contributed by atoms with E-state index in [4.69, 9.17) is 4.74 Å². The molecule has 2 aromatic rings. The van der Waals surface area contributed by atoms with Gasteiger partial charge in [0.25, 0.3) is 5.91 Å². The minimum absolute atomic E-state index is 0.0800. The first-order valence-electron chi connectivity index (χ1n) is 8.38. The zero-order chi connectivity index (χ0) is 18.8. The molecule has 0 aliphatic rings. The number of nitrogens with one attached hydrogen (secondary N) is 3. The molecule has 6 nitrogen and oxygen atoms in total. The van der Waals surface area contributed by atoms with Crippen LogP contribution in [0.3, 0.4) is 0 Å². The first kappa shape index (κ1) is 19.1. The maximum atomic E-state index is 12.1. The van der Waals surface area contributed by atoms with Crippen LogP contribution in [-0.2, 0) is 4.79 Å². The molecular weight excluding hydrogens is 330 g/mol. The van der Waals surface area contributed by atoms with E-state index in [-0.39, 0.29) is 18.4 Å². The highest BCUT2D eigenvalue weighted by molar-refractivity contribution is 5.96. The molecule has 2 amide bonds. The van der Waals surface area contributed by atoms with Gasteiger partial charge in [-0.05, 0) is 37.3 Å². The Morgan fingerprint density at radius 3 is 2.65 bits per heavy atom. The largest absolute Gasteiger partial charge is 0.489 e. The number of ether oxygens (including phenoxy) is 1. The van der Waals surface area contributed by atoms with Gasteiger partial charge in [-0.15, -0.1) is 0 Å². The number of carbonyl (C=O) groups is 2. The molecule has 0 saturated carbocycles. The van der Waals surface area contributed by atoms with Crippen molar-refractivity contribution in [3.05, 3.63) is 66.7 Å². The Labute approximate surface area is 153 Å². The Morgan fingerprint density at radius 2 is 1.88 bits per heavy atom. The summed E-state index contributed by atoms with van der Waals surface area (Å²) in [4.78, 5) is 24.0. The molecule has 0 aliphatic heterocycles. The van der Waals surface area contributed by atoms with Gasteiger partial charge in [0.2, 0.25) is 5.91 Å². The maximum Gasteiger partial charge on any atom is 0.251 e. The molecule has 0 fully saturated rings. The third-order valence-electron chi connectivity index (χ3n) is 3.40. The Kier molecular flexibility index (Phi) is 7.24. The van der Waals surface area contributed by atoms with Crippen LogP contribution in [0.4, 0.5) is 11.4 Å². The van der Waals surface area contributed by atoms with Crippen molar-refractivity contribution in [1.82, 2.24) is 5.32 Å². The fourth-order valence-electron chi connectivity index (χ4n) is 2.24. The standard InChI is InChI=1S/C20H23N3O3/c1-3-11-26-18-10-6-9-17(13-18)23-19(24)14-22-16-8-5-7-15(12-16)20(25)21-4-2/h3,5-10,12-13,22H,1,4,11,14H2,2H3,(H,21,25)(H,23,24). The van der Waals surface area contributed by atoms with Crippen molar-refractivity contribution < 1.29 is 14.3 Å². The van der Waals surface area contributed by atoms with Crippen LogP contribution >= 0.6 is 0 Å². The summed E-state index contributed by atoms with van der Waals surface area (Å²) in [5.41, 5.74) is 1.89. The number of benzene rings is 2. The number of amides is 2. The number of hydrogen-bond donors (Lipinski definition) is 3. The molecule has 0 radical (unpaired) electrons. The number of anilines is 2. The molecule has 0 aromatic heterocycles. The van der Waals surface area contributed by atoms with E-state index in [9.17, 15) is 9.59 Å². The summed E-state index contributed by atoms with van der Waals surface area (Å²) in [6.07, 6.45) is 1.66. The summed E-state index contributed by atoms with van der Waals surface area (Å²) < 4.78 is 5.44. The average Bonchev–Trinajstić information content (AvgIpc) is 2.65. The predicted molar refractivity (Wildman–Crippen MR) is 104 cm³/mol. The van der Waals surface area contributed by atoms with Crippen molar-refractivity contribution in [2.45, 2.75) is 6.92 Å². The second-order valence-electron chi connectivity index (χ2n) is 5.47. The van der Waals surface area contributed by atoms with Crippen molar-refractivity contribution in [2.24, 2.45) is 0 Å². The van der Waals surface area contributed by atoms with Crippen molar-refractivity contribution in [3.63, 3.8) is 0 Å². The third-order valence-corrected chi connectivity index (χ3v) is 3.40. The normalized spacial score (nSPS) is 9.88. The Hall–Kier alpha value is -3.28. The highest BCUT2D eigenvalue weighted by atomic mass is 16.5. The van der Waals surface area contributed by atoms with Gasteiger partial charge in [-0.1, -0.05) is 24.8 Å². The lowest BCUT2D eigenvalue weighted by Gasteiger charge is -2.10. The van der Waals surface area contributed by atoms with E-state index < -0.39 is 0 Å². The monoisotopic (exact) mass is 353 g/mol. The Morgan fingerprint density at radius 1 is 1.12 bits per heavy atom. The third kappa shape index (κ3) is 5.98. The van der Waals surface area contributed by atoms with Crippen molar-refractivity contribution in [3.8, 4) is 5.75 Å². The van der Waals surface area contributed by atoms with E-state index in [2.05, 4.69) is 22.5 Å². The van der Waals surface area contributed by atoms with Gasteiger partial charge in [-0.3, -0.25) is 9.59 Å². The molecule has 0 atom stereocenters. The molecule has 2 aromatic carbocycles. The molecule has 0 aliphatic carbocycles. The van der Waals surface area contributed by atoms with E-state index in [0.717, 1.165) is 0 Å². The summed E-state index contributed by atoms with van der Waals surface area (Å²) in [6, 6.07) is 14.2. The van der Waals surface area contributed by atoms with E-state index >= 15 is 0 Å². The lowest BCUT2D eigenvalue weighted by Crippen LogP contribution is -2.23. The molecule has 0 unspecified atom stereocenters. The zero-order valence-corrected chi connectivity index (χ0v) is 14.7.